The molecule has 0 saturated heterocycles. The lowest BCUT2D eigenvalue weighted by atomic mass is 10.1. The van der Waals surface area contributed by atoms with E-state index in [1.165, 1.54) is 11.6 Å². The van der Waals surface area contributed by atoms with E-state index in [0.29, 0.717) is 10.9 Å². The van der Waals surface area contributed by atoms with Crippen LogP contribution in [0.2, 0.25) is 0 Å². The van der Waals surface area contributed by atoms with Crippen molar-refractivity contribution < 1.29 is 0 Å². The van der Waals surface area contributed by atoms with E-state index in [2.05, 4.69) is 25.4 Å². The second-order valence-electron chi connectivity index (χ2n) is 6.80. The number of fused-ring (bicyclic) bond motifs is 1. The highest BCUT2D eigenvalue weighted by Crippen LogP contribution is 2.30. The molecule has 6 nitrogen and oxygen atoms in total. The zero-order valence-electron chi connectivity index (χ0n) is 15.5. The SMILES string of the molecule is CN(C)CCCn1cc2c(c1-c1cccc(Br)c1)c(=O)n(C)c(=O)n2C. The van der Waals surface area contributed by atoms with E-state index in [1.807, 2.05) is 44.6 Å². The number of hydrogen-bond acceptors (Lipinski definition) is 3. The highest BCUT2D eigenvalue weighted by molar-refractivity contribution is 9.10. The van der Waals surface area contributed by atoms with Crippen LogP contribution in [0.25, 0.3) is 22.2 Å². The van der Waals surface area contributed by atoms with E-state index in [9.17, 15) is 9.59 Å². The Kier molecular flexibility index (Phi) is 5.20. The summed E-state index contributed by atoms with van der Waals surface area (Å²) in [7, 11) is 7.32. The Hall–Kier alpha value is -2.12. The Morgan fingerprint density at radius 3 is 2.50 bits per heavy atom. The van der Waals surface area contributed by atoms with Gasteiger partial charge in [-0.25, -0.2) is 4.79 Å². The molecule has 0 N–H and O–H groups in total. The summed E-state index contributed by atoms with van der Waals surface area (Å²) in [5.74, 6) is 0. The fourth-order valence-corrected chi connectivity index (χ4v) is 3.67. The first kappa shape index (κ1) is 18.7. The smallest absolute Gasteiger partial charge is 0.330 e. The maximum absolute atomic E-state index is 12.9. The largest absolute Gasteiger partial charge is 0.345 e. The van der Waals surface area contributed by atoms with Crippen LogP contribution in [0.1, 0.15) is 6.42 Å². The zero-order valence-corrected chi connectivity index (χ0v) is 17.1. The quantitative estimate of drug-likeness (QED) is 0.639. The molecule has 0 spiro atoms. The summed E-state index contributed by atoms with van der Waals surface area (Å²) in [6, 6.07) is 7.90. The van der Waals surface area contributed by atoms with E-state index < -0.39 is 0 Å². The van der Waals surface area contributed by atoms with E-state index >= 15 is 0 Å². The van der Waals surface area contributed by atoms with Gasteiger partial charge in [0.05, 0.1) is 16.6 Å². The molecular weight excluding hydrogens is 396 g/mol. The molecule has 0 aliphatic heterocycles. The molecule has 0 unspecified atom stereocenters. The monoisotopic (exact) mass is 418 g/mol. The molecule has 0 saturated carbocycles. The predicted molar refractivity (Wildman–Crippen MR) is 109 cm³/mol. The fraction of sp³-hybridized carbons (Fsp3) is 0.368. The van der Waals surface area contributed by atoms with Crippen molar-refractivity contribution in [3.05, 3.63) is 55.8 Å². The van der Waals surface area contributed by atoms with E-state index in [-0.39, 0.29) is 11.2 Å². The highest BCUT2D eigenvalue weighted by Gasteiger charge is 2.19. The minimum absolute atomic E-state index is 0.260. The number of hydrogen-bond donors (Lipinski definition) is 0. The molecule has 0 aliphatic carbocycles. The number of benzene rings is 1. The van der Waals surface area contributed by atoms with Gasteiger partial charge in [0.1, 0.15) is 0 Å². The van der Waals surface area contributed by atoms with Crippen molar-refractivity contribution in [1.82, 2.24) is 18.6 Å². The molecule has 0 aliphatic rings. The molecule has 2 aromatic heterocycles. The summed E-state index contributed by atoms with van der Waals surface area (Å²) >= 11 is 3.51. The van der Waals surface area contributed by atoms with Gasteiger partial charge in [0, 0.05) is 36.9 Å². The third-order valence-corrected chi connectivity index (χ3v) is 5.11. The number of aromatic nitrogens is 3. The van der Waals surface area contributed by atoms with Crippen LogP contribution < -0.4 is 11.2 Å². The van der Waals surface area contributed by atoms with Crippen LogP contribution in [0.15, 0.2) is 44.5 Å². The first-order chi connectivity index (χ1) is 12.3. The van der Waals surface area contributed by atoms with Crippen molar-refractivity contribution in [3.8, 4) is 11.3 Å². The lowest BCUT2D eigenvalue weighted by Gasteiger charge is -2.13. The number of rotatable bonds is 5. The Bertz CT molecular complexity index is 1080. The molecule has 0 atom stereocenters. The molecule has 2 heterocycles. The lowest BCUT2D eigenvalue weighted by Crippen LogP contribution is -2.36. The number of aryl methyl sites for hydroxylation is 2. The summed E-state index contributed by atoms with van der Waals surface area (Å²) in [4.78, 5) is 27.3. The van der Waals surface area contributed by atoms with Gasteiger partial charge in [-0.3, -0.25) is 13.9 Å². The Labute approximate surface area is 160 Å². The van der Waals surface area contributed by atoms with Crippen molar-refractivity contribution in [2.24, 2.45) is 14.1 Å². The topological polar surface area (TPSA) is 52.2 Å². The summed E-state index contributed by atoms with van der Waals surface area (Å²) in [5, 5.41) is 0.581. The molecule has 0 bridgehead atoms. The van der Waals surface area contributed by atoms with Crippen molar-refractivity contribution in [1.29, 1.82) is 0 Å². The first-order valence-corrected chi connectivity index (χ1v) is 9.30. The summed E-state index contributed by atoms with van der Waals surface area (Å²) in [6.45, 7) is 1.72. The summed E-state index contributed by atoms with van der Waals surface area (Å²) < 4.78 is 5.76. The van der Waals surface area contributed by atoms with Crippen molar-refractivity contribution in [2.75, 3.05) is 20.6 Å². The second kappa shape index (κ2) is 7.25. The fourth-order valence-electron chi connectivity index (χ4n) is 3.27. The number of nitrogens with zero attached hydrogens (tertiary/aromatic N) is 4. The second-order valence-corrected chi connectivity index (χ2v) is 7.72. The van der Waals surface area contributed by atoms with Gasteiger partial charge in [-0.15, -0.1) is 0 Å². The molecule has 0 radical (unpaired) electrons. The Morgan fingerprint density at radius 2 is 1.85 bits per heavy atom. The van der Waals surface area contributed by atoms with Crippen molar-refractivity contribution >= 4 is 26.8 Å². The third-order valence-electron chi connectivity index (χ3n) is 4.61. The maximum Gasteiger partial charge on any atom is 0.330 e. The normalized spacial score (nSPS) is 11.6. The van der Waals surface area contributed by atoms with Gasteiger partial charge >= 0.3 is 5.69 Å². The van der Waals surface area contributed by atoms with Gasteiger partial charge in [-0.05, 0) is 39.2 Å². The van der Waals surface area contributed by atoms with Gasteiger partial charge in [0.25, 0.3) is 5.56 Å². The molecule has 7 heteroatoms. The Morgan fingerprint density at radius 1 is 1.12 bits per heavy atom. The van der Waals surface area contributed by atoms with Gasteiger partial charge in [-0.1, -0.05) is 28.1 Å². The summed E-state index contributed by atoms with van der Waals surface area (Å²) in [5.41, 5.74) is 1.90. The van der Waals surface area contributed by atoms with E-state index in [1.54, 1.807) is 11.6 Å². The van der Waals surface area contributed by atoms with E-state index in [4.69, 9.17) is 0 Å². The minimum Gasteiger partial charge on any atom is -0.345 e. The first-order valence-electron chi connectivity index (χ1n) is 8.50. The molecule has 1 aromatic carbocycles. The maximum atomic E-state index is 12.9. The molecule has 3 aromatic rings. The minimum atomic E-state index is -0.311. The van der Waals surface area contributed by atoms with Crippen LogP contribution in [-0.4, -0.2) is 39.2 Å². The zero-order chi connectivity index (χ0) is 19.0. The van der Waals surface area contributed by atoms with Crippen molar-refractivity contribution in [3.63, 3.8) is 0 Å². The van der Waals surface area contributed by atoms with Crippen LogP contribution in [0.3, 0.4) is 0 Å². The summed E-state index contributed by atoms with van der Waals surface area (Å²) in [6.07, 6.45) is 2.87. The molecule has 0 amide bonds. The molecule has 0 fully saturated rings. The average Bonchev–Trinajstić information content (AvgIpc) is 2.97. The van der Waals surface area contributed by atoms with Gasteiger partial charge in [0.15, 0.2) is 0 Å². The lowest BCUT2D eigenvalue weighted by molar-refractivity contribution is 0.387. The average molecular weight is 419 g/mol. The van der Waals surface area contributed by atoms with Crippen LogP contribution in [-0.2, 0) is 20.6 Å². The van der Waals surface area contributed by atoms with Crippen LogP contribution >= 0.6 is 15.9 Å². The molecule has 3 rings (SSSR count). The van der Waals surface area contributed by atoms with Gasteiger partial charge in [-0.2, -0.15) is 0 Å². The van der Waals surface area contributed by atoms with Gasteiger partial charge in [0.2, 0.25) is 0 Å². The standard InChI is InChI=1S/C19H23BrN4O2/c1-21(2)9-6-10-24-12-15-16(18(25)23(4)19(26)22(15)3)17(24)13-7-5-8-14(20)11-13/h5,7-8,11-12H,6,9-10H2,1-4H3. The molecular formula is C19H23BrN4O2. The molecule has 26 heavy (non-hydrogen) atoms. The van der Waals surface area contributed by atoms with Crippen LogP contribution in [0, 0.1) is 0 Å². The van der Waals surface area contributed by atoms with Crippen molar-refractivity contribution in [2.45, 2.75) is 13.0 Å². The van der Waals surface area contributed by atoms with Crippen LogP contribution in [0.5, 0.6) is 0 Å². The van der Waals surface area contributed by atoms with Gasteiger partial charge < -0.3 is 9.47 Å². The highest BCUT2D eigenvalue weighted by atomic mass is 79.9. The van der Waals surface area contributed by atoms with E-state index in [0.717, 1.165) is 35.2 Å². The number of halogens is 1. The molecule has 138 valence electrons. The third kappa shape index (κ3) is 3.29. The predicted octanol–water partition coefficient (Wildman–Crippen LogP) is 2.42. The van der Waals surface area contributed by atoms with Crippen LogP contribution in [0.4, 0.5) is 0 Å². The Balaban J connectivity index is 2.30.